The largest absolute Gasteiger partial charge is 0.459 e. The maximum Gasteiger partial charge on any atom is 0.338 e. The molecule has 6 nitrogen and oxygen atoms in total. The monoisotopic (exact) mass is 335 g/mol. The molecule has 4 atom stereocenters. The van der Waals surface area contributed by atoms with Crippen LogP contribution in [-0.4, -0.2) is 59.4 Å². The Morgan fingerprint density at radius 3 is 2.88 bits per heavy atom. The van der Waals surface area contributed by atoms with Gasteiger partial charge in [0.2, 0.25) is 0 Å². The molecule has 1 N–H and O–H groups in total. The predicted molar refractivity (Wildman–Crippen MR) is 87.1 cm³/mol. The summed E-state index contributed by atoms with van der Waals surface area (Å²) in [6.07, 6.45) is 4.48. The first-order valence-corrected chi connectivity index (χ1v) is 8.49. The number of nitrogens with zero attached hydrogens (tertiary/aromatic N) is 1. The van der Waals surface area contributed by atoms with Crippen molar-refractivity contribution >= 4 is 11.9 Å². The zero-order valence-electron chi connectivity index (χ0n) is 14.4. The molecule has 0 unspecified atom stereocenters. The van der Waals surface area contributed by atoms with E-state index in [1.807, 2.05) is 6.08 Å². The lowest BCUT2D eigenvalue weighted by atomic mass is 9.85. The normalized spacial score (nSPS) is 38.1. The van der Waals surface area contributed by atoms with Gasteiger partial charge >= 0.3 is 11.9 Å². The van der Waals surface area contributed by atoms with Gasteiger partial charge < -0.3 is 14.6 Å². The van der Waals surface area contributed by atoms with E-state index >= 15 is 0 Å². The Bertz CT molecular complexity index is 607. The summed E-state index contributed by atoms with van der Waals surface area (Å²) in [7, 11) is 0. The molecule has 0 aromatic heterocycles. The molecular weight excluding hydrogens is 310 g/mol. The third-order valence-electron chi connectivity index (χ3n) is 5.42. The lowest BCUT2D eigenvalue weighted by Crippen LogP contribution is -2.44. The number of carbonyl (C=O) groups excluding carboxylic acids is 2. The number of rotatable bonds is 0. The van der Waals surface area contributed by atoms with Gasteiger partial charge in [-0.05, 0) is 38.2 Å². The van der Waals surface area contributed by atoms with Gasteiger partial charge in [0.1, 0.15) is 12.7 Å². The SMILES string of the molecule is CC1=CC(=O)O[C@@H]2CCN3CC=C(COC(=O)[C@](C)(O)[C@H](C)C1)[C@H]23. The number of ether oxygens (including phenoxy) is 2. The van der Waals surface area contributed by atoms with E-state index in [9.17, 15) is 14.7 Å². The Kier molecular flexibility index (Phi) is 4.53. The van der Waals surface area contributed by atoms with Crippen LogP contribution in [0.4, 0.5) is 0 Å². The third-order valence-corrected chi connectivity index (χ3v) is 5.42. The van der Waals surface area contributed by atoms with Crippen molar-refractivity contribution < 1.29 is 24.2 Å². The molecule has 1 fully saturated rings. The standard InChI is InChI=1S/C18H25NO5/c1-11-8-12(2)18(3,22)17(21)23-10-13-4-6-19-7-5-14(16(13)19)24-15(20)9-11/h4,9,12,14,16,22H,5-8,10H2,1-3H3/t12-,14-,16-,18-/m1/s1. The molecule has 6 heteroatoms. The van der Waals surface area contributed by atoms with Crippen LogP contribution in [0, 0.1) is 5.92 Å². The highest BCUT2D eigenvalue weighted by atomic mass is 16.6. The van der Waals surface area contributed by atoms with Crippen molar-refractivity contribution in [1.29, 1.82) is 0 Å². The van der Waals surface area contributed by atoms with Crippen molar-refractivity contribution in [1.82, 2.24) is 4.90 Å². The highest BCUT2D eigenvalue weighted by Crippen LogP contribution is 2.33. The van der Waals surface area contributed by atoms with Crippen molar-refractivity contribution in [3.8, 4) is 0 Å². The topological polar surface area (TPSA) is 76.1 Å². The van der Waals surface area contributed by atoms with Crippen LogP contribution in [0.2, 0.25) is 0 Å². The van der Waals surface area contributed by atoms with Crippen LogP contribution < -0.4 is 0 Å². The molecule has 24 heavy (non-hydrogen) atoms. The fourth-order valence-electron chi connectivity index (χ4n) is 3.75. The van der Waals surface area contributed by atoms with E-state index in [1.165, 1.54) is 13.0 Å². The number of hydrogen-bond acceptors (Lipinski definition) is 6. The summed E-state index contributed by atoms with van der Waals surface area (Å²) in [5.74, 6) is -1.35. The summed E-state index contributed by atoms with van der Waals surface area (Å²) in [6.45, 7) is 6.80. The molecule has 1 saturated heterocycles. The van der Waals surface area contributed by atoms with Gasteiger partial charge in [0, 0.05) is 19.2 Å². The molecular formula is C18H25NO5. The van der Waals surface area contributed by atoms with Crippen molar-refractivity contribution in [3.05, 3.63) is 23.3 Å². The summed E-state index contributed by atoms with van der Waals surface area (Å²) in [5.41, 5.74) is 0.125. The first-order valence-electron chi connectivity index (χ1n) is 8.49. The zero-order chi connectivity index (χ0) is 17.5. The molecule has 0 saturated carbocycles. The van der Waals surface area contributed by atoms with Gasteiger partial charge in [-0.2, -0.15) is 0 Å². The van der Waals surface area contributed by atoms with Crippen LogP contribution >= 0.6 is 0 Å². The lowest BCUT2D eigenvalue weighted by Gasteiger charge is -2.28. The van der Waals surface area contributed by atoms with Gasteiger partial charge in [0.15, 0.2) is 5.60 Å². The van der Waals surface area contributed by atoms with E-state index in [4.69, 9.17) is 9.47 Å². The van der Waals surface area contributed by atoms with Crippen molar-refractivity contribution in [2.75, 3.05) is 19.7 Å². The van der Waals surface area contributed by atoms with Gasteiger partial charge in [-0.25, -0.2) is 9.59 Å². The average molecular weight is 335 g/mol. The lowest BCUT2D eigenvalue weighted by molar-refractivity contribution is -0.168. The van der Waals surface area contributed by atoms with Gasteiger partial charge in [0.05, 0.1) is 6.04 Å². The number of carbonyl (C=O) groups is 2. The number of allylic oxidation sites excluding steroid dienone is 1. The number of cyclic esters (lactones) is 1. The fraction of sp³-hybridized carbons (Fsp3) is 0.667. The Hall–Kier alpha value is -1.66. The highest BCUT2D eigenvalue weighted by molar-refractivity contribution is 5.83. The van der Waals surface area contributed by atoms with Crippen LogP contribution in [0.15, 0.2) is 23.3 Å². The second-order valence-corrected chi connectivity index (χ2v) is 7.30. The summed E-state index contributed by atoms with van der Waals surface area (Å²) in [6, 6.07) is -0.0291. The molecule has 0 aromatic carbocycles. The van der Waals surface area contributed by atoms with Crippen molar-refractivity contribution in [2.24, 2.45) is 5.92 Å². The Labute approximate surface area is 142 Å². The molecule has 132 valence electrons. The average Bonchev–Trinajstić information content (AvgIpc) is 3.06. The number of esters is 2. The van der Waals surface area contributed by atoms with Crippen LogP contribution in [0.25, 0.3) is 0 Å². The summed E-state index contributed by atoms with van der Waals surface area (Å²) < 4.78 is 11.1. The van der Waals surface area contributed by atoms with Gasteiger partial charge in [0.25, 0.3) is 0 Å². The number of hydrogen-bond donors (Lipinski definition) is 1. The van der Waals surface area contributed by atoms with E-state index < -0.39 is 11.6 Å². The van der Waals surface area contributed by atoms with Crippen molar-refractivity contribution in [3.63, 3.8) is 0 Å². The Morgan fingerprint density at radius 1 is 1.38 bits per heavy atom. The van der Waals surface area contributed by atoms with Gasteiger partial charge in [-0.15, -0.1) is 0 Å². The zero-order valence-corrected chi connectivity index (χ0v) is 14.4. The minimum absolute atomic E-state index is 0.0291. The molecule has 3 aliphatic heterocycles. The number of aliphatic hydroxyl groups is 1. The second-order valence-electron chi connectivity index (χ2n) is 7.30. The Morgan fingerprint density at radius 2 is 2.12 bits per heavy atom. The third kappa shape index (κ3) is 3.13. The van der Waals surface area contributed by atoms with E-state index in [2.05, 4.69) is 4.90 Å². The molecule has 0 amide bonds. The second kappa shape index (κ2) is 6.33. The fourth-order valence-corrected chi connectivity index (χ4v) is 3.75. The molecule has 3 aliphatic rings. The van der Waals surface area contributed by atoms with Crippen LogP contribution in [-0.2, 0) is 19.1 Å². The van der Waals surface area contributed by atoms with Crippen LogP contribution in [0.3, 0.4) is 0 Å². The maximum atomic E-state index is 12.4. The minimum atomic E-state index is -1.60. The molecule has 0 bridgehead atoms. The van der Waals surface area contributed by atoms with Crippen molar-refractivity contribution in [2.45, 2.75) is 51.4 Å². The molecule has 0 spiro atoms. The summed E-state index contributed by atoms with van der Waals surface area (Å²) in [5, 5.41) is 10.6. The smallest absolute Gasteiger partial charge is 0.338 e. The van der Waals surface area contributed by atoms with E-state index in [0.717, 1.165) is 30.7 Å². The maximum absolute atomic E-state index is 12.4. The molecule has 0 aromatic rings. The summed E-state index contributed by atoms with van der Waals surface area (Å²) >= 11 is 0. The minimum Gasteiger partial charge on any atom is -0.459 e. The van der Waals surface area contributed by atoms with E-state index in [-0.39, 0.29) is 30.6 Å². The van der Waals surface area contributed by atoms with Gasteiger partial charge in [-0.1, -0.05) is 18.6 Å². The molecule has 3 heterocycles. The predicted octanol–water partition coefficient (Wildman–Crippen LogP) is 1.19. The van der Waals surface area contributed by atoms with E-state index in [0.29, 0.717) is 6.42 Å². The molecule has 0 radical (unpaired) electrons. The van der Waals surface area contributed by atoms with Crippen LogP contribution in [0.5, 0.6) is 0 Å². The molecule has 3 rings (SSSR count). The quantitative estimate of drug-likeness (QED) is 0.529. The van der Waals surface area contributed by atoms with E-state index in [1.54, 1.807) is 13.8 Å². The van der Waals surface area contributed by atoms with Gasteiger partial charge in [-0.3, -0.25) is 4.90 Å². The van der Waals surface area contributed by atoms with Crippen LogP contribution in [0.1, 0.15) is 33.6 Å². The first-order chi connectivity index (χ1) is 11.3. The molecule has 0 aliphatic carbocycles. The first kappa shape index (κ1) is 17.2. The highest BCUT2D eigenvalue weighted by Gasteiger charge is 2.43. The summed E-state index contributed by atoms with van der Waals surface area (Å²) in [4.78, 5) is 26.8. The Balaban J connectivity index is 1.88.